The van der Waals surface area contributed by atoms with Crippen LogP contribution in [0, 0.1) is 0 Å². The summed E-state index contributed by atoms with van der Waals surface area (Å²) in [6.07, 6.45) is 0. The van der Waals surface area contributed by atoms with E-state index in [9.17, 15) is 0 Å². The van der Waals surface area contributed by atoms with E-state index in [-0.39, 0.29) is 5.41 Å². The van der Waals surface area contributed by atoms with Gasteiger partial charge in [0.25, 0.3) is 0 Å². The third-order valence-corrected chi connectivity index (χ3v) is 9.96. The first-order chi connectivity index (χ1) is 22.6. The molecule has 9 rings (SSSR count). The average Bonchev–Trinajstić information content (AvgIpc) is 3.34. The van der Waals surface area contributed by atoms with Crippen molar-refractivity contribution >= 4 is 49.4 Å². The topological polar surface area (TPSA) is 3.24 Å². The molecule has 1 aliphatic rings. The summed E-state index contributed by atoms with van der Waals surface area (Å²) in [6.45, 7) is 4.81. The van der Waals surface area contributed by atoms with Crippen LogP contribution in [0.1, 0.15) is 25.0 Å². The Hall–Kier alpha value is -5.66. The highest BCUT2D eigenvalue weighted by Crippen LogP contribution is 2.55. The lowest BCUT2D eigenvalue weighted by Gasteiger charge is -2.28. The van der Waals surface area contributed by atoms with Crippen molar-refractivity contribution < 1.29 is 0 Å². The lowest BCUT2D eigenvalue weighted by atomic mass is 9.79. The van der Waals surface area contributed by atoms with Crippen LogP contribution in [-0.2, 0) is 5.41 Å². The molecule has 0 amide bonds. The number of benzene rings is 8. The first-order valence-electron chi connectivity index (χ1n) is 16.1. The van der Waals surface area contributed by atoms with E-state index in [1.165, 1.54) is 65.7 Å². The van der Waals surface area contributed by atoms with E-state index in [0.29, 0.717) is 0 Å². The highest BCUT2D eigenvalue weighted by molar-refractivity contribution is 6.19. The minimum absolute atomic E-state index is 0.141. The van der Waals surface area contributed by atoms with Crippen LogP contribution < -0.4 is 4.90 Å². The molecule has 1 nitrogen and oxygen atoms in total. The van der Waals surface area contributed by atoms with Crippen LogP contribution in [0.4, 0.5) is 17.1 Å². The Morgan fingerprint density at radius 3 is 1.80 bits per heavy atom. The van der Waals surface area contributed by atoms with Gasteiger partial charge in [0.1, 0.15) is 0 Å². The van der Waals surface area contributed by atoms with Gasteiger partial charge in [0.2, 0.25) is 0 Å². The third-order valence-electron chi connectivity index (χ3n) is 9.96. The Kier molecular flexibility index (Phi) is 5.92. The van der Waals surface area contributed by atoms with Gasteiger partial charge in [-0.05, 0) is 103 Å². The Labute approximate surface area is 270 Å². The molecule has 8 aromatic rings. The summed E-state index contributed by atoms with van der Waals surface area (Å²) in [5, 5.41) is 7.87. The summed E-state index contributed by atoms with van der Waals surface area (Å²) in [5.41, 5.74) is 11.3. The SMILES string of the molecule is CC1(C)c2cc3cc(N(c4ccccc4)c4ccccc4-c4ccccc4)ccc3cc2-c2c1c1ccccc1c1ccccc21. The second kappa shape index (κ2) is 10.2. The molecule has 0 aliphatic heterocycles. The van der Waals surface area contributed by atoms with Crippen molar-refractivity contribution in [1.29, 1.82) is 0 Å². The highest BCUT2D eigenvalue weighted by atomic mass is 15.1. The van der Waals surface area contributed by atoms with Crippen LogP contribution in [-0.4, -0.2) is 0 Å². The van der Waals surface area contributed by atoms with E-state index in [2.05, 4.69) is 183 Å². The van der Waals surface area contributed by atoms with E-state index < -0.39 is 0 Å². The van der Waals surface area contributed by atoms with Crippen LogP contribution in [0.2, 0.25) is 0 Å². The average molecular weight is 588 g/mol. The van der Waals surface area contributed by atoms with Crippen molar-refractivity contribution in [2.75, 3.05) is 4.90 Å². The number of anilines is 3. The van der Waals surface area contributed by atoms with Crippen LogP contribution in [0.25, 0.3) is 54.6 Å². The zero-order valence-corrected chi connectivity index (χ0v) is 26.0. The molecule has 0 fully saturated rings. The van der Waals surface area contributed by atoms with Gasteiger partial charge in [-0.15, -0.1) is 0 Å². The molecule has 8 aromatic carbocycles. The predicted molar refractivity (Wildman–Crippen MR) is 197 cm³/mol. The number of hydrogen-bond donors (Lipinski definition) is 0. The van der Waals surface area contributed by atoms with E-state index in [1.807, 2.05) is 0 Å². The van der Waals surface area contributed by atoms with E-state index >= 15 is 0 Å². The molecule has 46 heavy (non-hydrogen) atoms. The molecule has 0 aromatic heterocycles. The van der Waals surface area contributed by atoms with Gasteiger partial charge in [-0.1, -0.05) is 135 Å². The van der Waals surface area contributed by atoms with Gasteiger partial charge in [-0.25, -0.2) is 0 Å². The van der Waals surface area contributed by atoms with Crippen molar-refractivity contribution in [3.05, 3.63) is 175 Å². The van der Waals surface area contributed by atoms with Crippen molar-refractivity contribution in [3.8, 4) is 22.3 Å². The molecule has 0 unspecified atom stereocenters. The molecule has 0 saturated heterocycles. The predicted octanol–water partition coefficient (Wildman–Crippen LogP) is 12.6. The molecular formula is C45H33N. The minimum atomic E-state index is -0.141. The molecule has 218 valence electrons. The maximum atomic E-state index is 2.46. The molecule has 0 saturated carbocycles. The van der Waals surface area contributed by atoms with Gasteiger partial charge in [0.05, 0.1) is 5.69 Å². The Bertz CT molecular complexity index is 2440. The molecular weight excluding hydrogens is 555 g/mol. The Morgan fingerprint density at radius 1 is 0.435 bits per heavy atom. The maximum absolute atomic E-state index is 2.46. The standard InChI is InChI=1S/C45H33N/c1-45(2)41-29-32-27-34(46(33-17-7-4-8-18-33)42-24-14-13-19-35(42)30-15-5-3-6-16-30)26-25-31(32)28-40(41)43-38-22-11-9-20-36(38)37-21-10-12-23-39(37)44(43)45/h3-29H,1-2H3. The first kappa shape index (κ1) is 26.7. The van der Waals surface area contributed by atoms with Crippen LogP contribution in [0.15, 0.2) is 164 Å². The zero-order chi connectivity index (χ0) is 30.8. The molecule has 0 spiro atoms. The molecule has 0 radical (unpaired) electrons. The molecule has 0 N–H and O–H groups in total. The maximum Gasteiger partial charge on any atom is 0.0540 e. The third kappa shape index (κ3) is 3.95. The summed E-state index contributed by atoms with van der Waals surface area (Å²) in [7, 11) is 0. The monoisotopic (exact) mass is 587 g/mol. The fourth-order valence-corrected chi connectivity index (χ4v) is 7.89. The quantitative estimate of drug-likeness (QED) is 0.185. The van der Waals surface area contributed by atoms with Gasteiger partial charge in [0, 0.05) is 22.4 Å². The molecule has 0 bridgehead atoms. The van der Waals surface area contributed by atoms with Gasteiger partial charge in [-0.2, -0.15) is 0 Å². The second-order valence-electron chi connectivity index (χ2n) is 12.9. The first-order valence-corrected chi connectivity index (χ1v) is 16.1. The highest BCUT2D eigenvalue weighted by Gasteiger charge is 2.38. The van der Waals surface area contributed by atoms with Gasteiger partial charge < -0.3 is 4.90 Å². The largest absolute Gasteiger partial charge is 0.310 e. The summed E-state index contributed by atoms with van der Waals surface area (Å²) >= 11 is 0. The fraction of sp³-hybridized carbons (Fsp3) is 0.0667. The molecule has 1 heteroatoms. The van der Waals surface area contributed by atoms with Crippen LogP contribution in [0.3, 0.4) is 0 Å². The number of fused-ring (bicyclic) bond motifs is 9. The lowest BCUT2D eigenvalue weighted by molar-refractivity contribution is 0.667. The summed E-state index contributed by atoms with van der Waals surface area (Å²) in [4.78, 5) is 2.40. The van der Waals surface area contributed by atoms with Gasteiger partial charge >= 0.3 is 0 Å². The fourth-order valence-electron chi connectivity index (χ4n) is 7.89. The Morgan fingerprint density at radius 2 is 1.04 bits per heavy atom. The van der Waals surface area contributed by atoms with Gasteiger partial charge in [-0.3, -0.25) is 0 Å². The minimum Gasteiger partial charge on any atom is -0.310 e. The number of para-hydroxylation sites is 2. The smallest absolute Gasteiger partial charge is 0.0540 e. The van der Waals surface area contributed by atoms with E-state index in [0.717, 1.165) is 17.1 Å². The molecule has 0 atom stereocenters. The van der Waals surface area contributed by atoms with Crippen molar-refractivity contribution in [3.63, 3.8) is 0 Å². The molecule has 1 aliphatic carbocycles. The second-order valence-corrected chi connectivity index (χ2v) is 12.9. The zero-order valence-electron chi connectivity index (χ0n) is 26.0. The van der Waals surface area contributed by atoms with Crippen molar-refractivity contribution in [2.45, 2.75) is 19.3 Å². The van der Waals surface area contributed by atoms with Crippen LogP contribution >= 0.6 is 0 Å². The number of nitrogens with zero attached hydrogens (tertiary/aromatic N) is 1. The van der Waals surface area contributed by atoms with Crippen molar-refractivity contribution in [1.82, 2.24) is 0 Å². The summed E-state index contributed by atoms with van der Waals surface area (Å²) in [6, 6.07) is 59.9. The normalized spacial score (nSPS) is 13.2. The van der Waals surface area contributed by atoms with E-state index in [4.69, 9.17) is 0 Å². The lowest BCUT2D eigenvalue weighted by Crippen LogP contribution is -2.15. The van der Waals surface area contributed by atoms with Crippen LogP contribution in [0.5, 0.6) is 0 Å². The van der Waals surface area contributed by atoms with Gasteiger partial charge in [0.15, 0.2) is 0 Å². The summed E-state index contributed by atoms with van der Waals surface area (Å²) in [5.74, 6) is 0. The Balaban J connectivity index is 1.27. The summed E-state index contributed by atoms with van der Waals surface area (Å²) < 4.78 is 0. The van der Waals surface area contributed by atoms with E-state index in [1.54, 1.807) is 0 Å². The molecule has 0 heterocycles. The number of rotatable bonds is 4. The number of hydrogen-bond acceptors (Lipinski definition) is 1. The van der Waals surface area contributed by atoms with Crippen molar-refractivity contribution in [2.24, 2.45) is 0 Å².